The molecule has 1 rings (SSSR count). The summed E-state index contributed by atoms with van der Waals surface area (Å²) in [5.74, 6) is -0.374. The van der Waals surface area contributed by atoms with Crippen LogP contribution >= 0.6 is 0 Å². The number of rotatable bonds is 4. The van der Waals surface area contributed by atoms with E-state index in [0.717, 1.165) is 12.8 Å². The molecule has 0 spiro atoms. The lowest BCUT2D eigenvalue weighted by Crippen LogP contribution is -2.17. The molecule has 0 atom stereocenters. The van der Waals surface area contributed by atoms with E-state index in [0.29, 0.717) is 5.69 Å². The van der Waals surface area contributed by atoms with Crippen LogP contribution in [0.25, 0.3) is 0 Å². The molecule has 1 aromatic heterocycles. The van der Waals surface area contributed by atoms with E-state index >= 15 is 0 Å². The van der Waals surface area contributed by atoms with Gasteiger partial charge in [0.25, 0.3) is 0 Å². The smallest absolute Gasteiger partial charge is 0.357 e. The lowest BCUT2D eigenvalue weighted by atomic mass is 10.2. The highest BCUT2D eigenvalue weighted by atomic mass is 16.5. The van der Waals surface area contributed by atoms with Crippen molar-refractivity contribution in [2.45, 2.75) is 32.8 Å². The van der Waals surface area contributed by atoms with E-state index in [4.69, 9.17) is 4.74 Å². The van der Waals surface area contributed by atoms with Crippen molar-refractivity contribution in [2.75, 3.05) is 0 Å². The normalized spacial score (nSPS) is 10.2. The lowest BCUT2D eigenvalue weighted by Gasteiger charge is -2.12. The van der Waals surface area contributed by atoms with E-state index < -0.39 is 0 Å². The Labute approximate surface area is 83.3 Å². The van der Waals surface area contributed by atoms with Gasteiger partial charge in [0.15, 0.2) is 5.69 Å². The molecule has 0 N–H and O–H groups in total. The Morgan fingerprint density at radius 3 is 2.71 bits per heavy atom. The van der Waals surface area contributed by atoms with Crippen LogP contribution in [0.3, 0.4) is 0 Å². The van der Waals surface area contributed by atoms with E-state index in [2.05, 4.69) is 9.97 Å². The molecule has 0 aliphatic heterocycles. The first-order valence-electron chi connectivity index (χ1n) is 4.74. The Morgan fingerprint density at radius 1 is 1.50 bits per heavy atom. The summed E-state index contributed by atoms with van der Waals surface area (Å²) in [7, 11) is 0. The quantitative estimate of drug-likeness (QED) is 0.686. The number of carbonyl (C=O) groups excluding carboxylic acids is 1. The molecule has 0 saturated heterocycles. The molecule has 0 saturated carbocycles. The number of nitrogens with zero attached hydrogens (tertiary/aromatic N) is 2. The van der Waals surface area contributed by atoms with Gasteiger partial charge >= 0.3 is 5.97 Å². The Kier molecular flexibility index (Phi) is 4.04. The number of carbonyl (C=O) groups is 1. The second kappa shape index (κ2) is 5.32. The fourth-order valence-corrected chi connectivity index (χ4v) is 1.08. The molecule has 0 radical (unpaired) electrons. The maximum atomic E-state index is 11.5. The average Bonchev–Trinajstić information content (AvgIpc) is 2.26. The van der Waals surface area contributed by atoms with Crippen LogP contribution in [0.5, 0.6) is 0 Å². The van der Waals surface area contributed by atoms with Gasteiger partial charge in [0, 0.05) is 6.20 Å². The van der Waals surface area contributed by atoms with E-state index in [1.165, 1.54) is 12.5 Å². The van der Waals surface area contributed by atoms with Crippen LogP contribution in [0.15, 0.2) is 18.6 Å². The van der Waals surface area contributed by atoms with Gasteiger partial charge in [-0.25, -0.2) is 14.8 Å². The van der Waals surface area contributed by atoms with Crippen molar-refractivity contribution >= 4 is 5.97 Å². The van der Waals surface area contributed by atoms with Crippen LogP contribution in [-0.4, -0.2) is 22.0 Å². The summed E-state index contributed by atoms with van der Waals surface area (Å²) in [5, 5.41) is 0. The molecule has 14 heavy (non-hydrogen) atoms. The third-order valence-electron chi connectivity index (χ3n) is 1.98. The molecule has 0 aromatic carbocycles. The van der Waals surface area contributed by atoms with Crippen molar-refractivity contribution in [3.05, 3.63) is 24.3 Å². The molecule has 0 bridgehead atoms. The summed E-state index contributed by atoms with van der Waals surface area (Å²) in [5.41, 5.74) is 0.312. The third kappa shape index (κ3) is 2.80. The SMILES string of the molecule is CCC(CC)OC(=O)c1ccncn1. The average molecular weight is 194 g/mol. The van der Waals surface area contributed by atoms with Crippen LogP contribution in [0.2, 0.25) is 0 Å². The van der Waals surface area contributed by atoms with Crippen LogP contribution in [0.1, 0.15) is 37.2 Å². The number of ether oxygens (including phenoxy) is 1. The van der Waals surface area contributed by atoms with Gasteiger partial charge in [-0.1, -0.05) is 13.8 Å². The van der Waals surface area contributed by atoms with E-state index in [9.17, 15) is 4.79 Å². The van der Waals surface area contributed by atoms with Gasteiger partial charge in [0.05, 0.1) is 0 Å². The van der Waals surface area contributed by atoms with Crippen molar-refractivity contribution in [3.8, 4) is 0 Å². The Balaban J connectivity index is 2.59. The fourth-order valence-electron chi connectivity index (χ4n) is 1.08. The van der Waals surface area contributed by atoms with Gasteiger partial charge in [-0.2, -0.15) is 0 Å². The predicted molar refractivity (Wildman–Crippen MR) is 51.8 cm³/mol. The molecule has 1 aromatic rings. The van der Waals surface area contributed by atoms with Crippen LogP contribution in [0.4, 0.5) is 0 Å². The Morgan fingerprint density at radius 2 is 2.21 bits per heavy atom. The minimum Gasteiger partial charge on any atom is -0.458 e. The van der Waals surface area contributed by atoms with Gasteiger partial charge in [-0.05, 0) is 18.9 Å². The highest BCUT2D eigenvalue weighted by molar-refractivity contribution is 5.87. The molecule has 76 valence electrons. The Bertz CT molecular complexity index is 283. The van der Waals surface area contributed by atoms with Gasteiger partial charge in [0.1, 0.15) is 12.4 Å². The van der Waals surface area contributed by atoms with E-state index in [1.807, 2.05) is 13.8 Å². The second-order valence-corrected chi connectivity index (χ2v) is 2.94. The first-order valence-corrected chi connectivity index (χ1v) is 4.74. The zero-order valence-corrected chi connectivity index (χ0v) is 8.43. The zero-order valence-electron chi connectivity index (χ0n) is 8.43. The minimum absolute atomic E-state index is 0.0162. The molecular formula is C10H14N2O2. The molecule has 0 fully saturated rings. The van der Waals surface area contributed by atoms with Crippen molar-refractivity contribution in [2.24, 2.45) is 0 Å². The lowest BCUT2D eigenvalue weighted by molar-refractivity contribution is 0.0277. The summed E-state index contributed by atoms with van der Waals surface area (Å²) in [6.07, 6.45) is 4.50. The minimum atomic E-state index is -0.374. The number of hydrogen-bond donors (Lipinski definition) is 0. The van der Waals surface area contributed by atoms with Crippen LogP contribution < -0.4 is 0 Å². The van der Waals surface area contributed by atoms with Crippen molar-refractivity contribution in [1.29, 1.82) is 0 Å². The molecule has 0 aliphatic rings. The number of esters is 1. The first-order chi connectivity index (χ1) is 6.77. The van der Waals surface area contributed by atoms with Crippen LogP contribution in [0, 0.1) is 0 Å². The van der Waals surface area contributed by atoms with Gasteiger partial charge in [-0.15, -0.1) is 0 Å². The summed E-state index contributed by atoms with van der Waals surface area (Å²) < 4.78 is 5.21. The van der Waals surface area contributed by atoms with E-state index in [1.54, 1.807) is 6.07 Å². The number of aromatic nitrogens is 2. The topological polar surface area (TPSA) is 52.1 Å². The molecule has 0 unspecified atom stereocenters. The first kappa shape index (κ1) is 10.6. The van der Waals surface area contributed by atoms with Crippen molar-refractivity contribution in [1.82, 2.24) is 9.97 Å². The molecule has 0 aliphatic carbocycles. The van der Waals surface area contributed by atoms with Crippen molar-refractivity contribution in [3.63, 3.8) is 0 Å². The third-order valence-corrected chi connectivity index (χ3v) is 1.98. The van der Waals surface area contributed by atoms with Gasteiger partial charge in [0.2, 0.25) is 0 Å². The molecule has 0 amide bonds. The monoisotopic (exact) mass is 194 g/mol. The number of hydrogen-bond acceptors (Lipinski definition) is 4. The second-order valence-electron chi connectivity index (χ2n) is 2.94. The van der Waals surface area contributed by atoms with E-state index in [-0.39, 0.29) is 12.1 Å². The predicted octanol–water partition coefficient (Wildman–Crippen LogP) is 1.82. The van der Waals surface area contributed by atoms with Gasteiger partial charge < -0.3 is 4.74 Å². The fraction of sp³-hybridized carbons (Fsp3) is 0.500. The summed E-state index contributed by atoms with van der Waals surface area (Å²) in [4.78, 5) is 19.0. The maximum Gasteiger partial charge on any atom is 0.357 e. The summed E-state index contributed by atoms with van der Waals surface area (Å²) >= 11 is 0. The van der Waals surface area contributed by atoms with Crippen LogP contribution in [-0.2, 0) is 4.74 Å². The summed E-state index contributed by atoms with van der Waals surface area (Å²) in [6.45, 7) is 3.98. The highest BCUT2D eigenvalue weighted by Crippen LogP contribution is 2.06. The molecule has 1 heterocycles. The van der Waals surface area contributed by atoms with Crippen molar-refractivity contribution < 1.29 is 9.53 Å². The summed E-state index contributed by atoms with van der Waals surface area (Å²) in [6, 6.07) is 1.55. The molecule has 4 nitrogen and oxygen atoms in total. The highest BCUT2D eigenvalue weighted by Gasteiger charge is 2.13. The Hall–Kier alpha value is -1.45. The molecular weight excluding hydrogens is 180 g/mol. The maximum absolute atomic E-state index is 11.5. The standard InChI is InChI=1S/C10H14N2O2/c1-3-8(4-2)14-10(13)9-5-6-11-7-12-9/h5-8H,3-4H2,1-2H3. The van der Waals surface area contributed by atoms with Gasteiger partial charge in [-0.3, -0.25) is 0 Å². The largest absolute Gasteiger partial charge is 0.458 e. The molecule has 4 heteroatoms. The zero-order chi connectivity index (χ0) is 10.4.